The second-order valence-electron chi connectivity index (χ2n) is 11.9. The van der Waals surface area contributed by atoms with E-state index in [2.05, 4.69) is 26.8 Å². The van der Waals surface area contributed by atoms with Crippen LogP contribution < -0.4 is 15.6 Å². The van der Waals surface area contributed by atoms with Crippen molar-refractivity contribution in [3.05, 3.63) is 99.5 Å². The quantitative estimate of drug-likeness (QED) is 0.106. The van der Waals surface area contributed by atoms with Crippen LogP contribution in [0.25, 0.3) is 0 Å². The van der Waals surface area contributed by atoms with E-state index >= 15 is 0 Å². The van der Waals surface area contributed by atoms with Crippen LogP contribution in [0.15, 0.2) is 82.3 Å². The van der Waals surface area contributed by atoms with Gasteiger partial charge in [-0.1, -0.05) is 40.2 Å². The molecular formula is C34H37BrF3N3O6. The summed E-state index contributed by atoms with van der Waals surface area (Å²) in [4.78, 5) is 31.9. The Morgan fingerprint density at radius 2 is 1.66 bits per heavy atom. The van der Waals surface area contributed by atoms with Crippen LogP contribution in [-0.4, -0.2) is 47.2 Å². The van der Waals surface area contributed by atoms with E-state index in [4.69, 9.17) is 24.3 Å². The smallest absolute Gasteiger partial charge is 0.416 e. The van der Waals surface area contributed by atoms with Gasteiger partial charge in [0.05, 0.1) is 12.2 Å². The number of carbonyl (C=O) groups excluding carboxylic acids is 2. The van der Waals surface area contributed by atoms with Crippen molar-refractivity contribution >= 4 is 33.7 Å². The van der Waals surface area contributed by atoms with Gasteiger partial charge in [0, 0.05) is 36.0 Å². The minimum Gasteiger partial charge on any atom is -0.494 e. The van der Waals surface area contributed by atoms with Crippen molar-refractivity contribution in [1.29, 1.82) is 0 Å². The van der Waals surface area contributed by atoms with Gasteiger partial charge in [-0.2, -0.15) is 13.2 Å². The van der Waals surface area contributed by atoms with Crippen LogP contribution in [0.3, 0.4) is 0 Å². The van der Waals surface area contributed by atoms with E-state index in [0.717, 1.165) is 16.6 Å². The Labute approximate surface area is 279 Å². The van der Waals surface area contributed by atoms with Gasteiger partial charge in [0.1, 0.15) is 11.4 Å². The third-order valence-electron chi connectivity index (χ3n) is 7.11. The number of benzene rings is 3. The second-order valence-corrected chi connectivity index (χ2v) is 12.8. The molecule has 13 heteroatoms. The van der Waals surface area contributed by atoms with Gasteiger partial charge in [-0.15, -0.1) is 0 Å². The Morgan fingerprint density at radius 1 is 1.00 bits per heavy atom. The van der Waals surface area contributed by atoms with Crippen LogP contribution >= 0.6 is 15.9 Å². The topological polar surface area (TPSA) is 118 Å². The highest BCUT2D eigenvalue weighted by molar-refractivity contribution is 9.10. The van der Waals surface area contributed by atoms with Gasteiger partial charge in [0.2, 0.25) is 5.90 Å². The van der Waals surface area contributed by atoms with Gasteiger partial charge in [-0.25, -0.2) is 10.4 Å². The first-order valence-corrected chi connectivity index (χ1v) is 15.8. The van der Waals surface area contributed by atoms with E-state index < -0.39 is 40.9 Å². The van der Waals surface area contributed by atoms with Crippen molar-refractivity contribution in [2.75, 3.05) is 13.2 Å². The molecule has 1 heterocycles. The minimum absolute atomic E-state index is 0.00676. The molecule has 3 aromatic carbocycles. The van der Waals surface area contributed by atoms with Crippen molar-refractivity contribution < 1.29 is 42.1 Å². The number of aliphatic hydroxyl groups excluding tert-OH is 1. The molecule has 3 N–H and O–H groups in total. The van der Waals surface area contributed by atoms with Crippen LogP contribution in [0.2, 0.25) is 0 Å². The first-order chi connectivity index (χ1) is 22.2. The minimum atomic E-state index is -4.46. The molecule has 3 aromatic rings. The molecule has 1 aliphatic heterocycles. The van der Waals surface area contributed by atoms with Crippen LogP contribution in [0.4, 0.5) is 13.2 Å². The molecule has 0 radical (unpaired) electrons. The fourth-order valence-electron chi connectivity index (χ4n) is 4.84. The molecule has 0 saturated heterocycles. The van der Waals surface area contributed by atoms with Crippen LogP contribution in [0, 0.1) is 0 Å². The molecule has 1 amide bonds. The predicted octanol–water partition coefficient (Wildman–Crippen LogP) is 6.43. The molecule has 0 aliphatic carbocycles. The maximum atomic E-state index is 14.2. The molecule has 0 fully saturated rings. The normalized spacial score (nSPS) is 17.9. The Morgan fingerprint density at radius 3 is 2.26 bits per heavy atom. The van der Waals surface area contributed by atoms with Gasteiger partial charge >= 0.3 is 12.1 Å². The Balaban J connectivity index is 1.65. The molecular weight excluding hydrogens is 683 g/mol. The number of ether oxygens (including phenoxy) is 3. The first-order valence-electron chi connectivity index (χ1n) is 15.0. The van der Waals surface area contributed by atoms with Gasteiger partial charge in [0.15, 0.2) is 11.6 Å². The number of nitrogens with one attached hydrogen (secondary N) is 2. The number of esters is 1. The van der Waals surface area contributed by atoms with E-state index in [1.54, 1.807) is 69.3 Å². The monoisotopic (exact) mass is 719 g/mol. The number of halogens is 4. The number of rotatable bonds is 13. The lowest BCUT2D eigenvalue weighted by atomic mass is 9.83. The number of amides is 1. The zero-order valence-corrected chi connectivity index (χ0v) is 27.8. The molecule has 47 heavy (non-hydrogen) atoms. The zero-order chi connectivity index (χ0) is 34.2. The number of nitrogens with zero attached hydrogens (tertiary/aromatic N) is 1. The number of aliphatic hydroxyl groups is 1. The SMILES string of the molecule is CC(C)(C)OC(=O)CC[C@]1(C(=O)NNCc2ccc(C(F)(F)F)cc2)N=C(c2ccc(OCCCO)cc2)O[C@H]1c1ccc(Br)cc1. The van der Waals surface area contributed by atoms with Gasteiger partial charge in [-0.05, 0) is 86.8 Å². The van der Waals surface area contributed by atoms with Crippen molar-refractivity contribution in [2.45, 2.75) is 70.0 Å². The lowest BCUT2D eigenvalue weighted by molar-refractivity contribution is -0.155. The standard InChI is InChI=1S/C34H37BrF3N3O6/c1-32(2,3)47-28(43)17-18-33(31(44)41-39-21-22-5-11-25(12-6-22)34(36,37)38)29(23-7-13-26(35)14-8-23)46-30(40-33)24-9-15-27(16-10-24)45-20-4-19-42/h5-16,29,39,42H,4,17-21H2,1-3H3,(H,41,44)/t29-,33-/m0/s1. The number of hydrogen-bond donors (Lipinski definition) is 3. The van der Waals surface area contributed by atoms with Crippen LogP contribution in [0.1, 0.15) is 68.4 Å². The molecule has 0 saturated carbocycles. The molecule has 1 aliphatic rings. The Bertz CT molecular complexity index is 1540. The summed E-state index contributed by atoms with van der Waals surface area (Å²) in [7, 11) is 0. The molecule has 0 unspecified atom stereocenters. The van der Waals surface area contributed by atoms with Crippen molar-refractivity contribution in [2.24, 2.45) is 4.99 Å². The largest absolute Gasteiger partial charge is 0.494 e. The van der Waals surface area contributed by atoms with E-state index in [0.29, 0.717) is 35.5 Å². The summed E-state index contributed by atoms with van der Waals surface area (Å²) in [6.07, 6.45) is -5.18. The zero-order valence-electron chi connectivity index (χ0n) is 26.2. The van der Waals surface area contributed by atoms with Crippen molar-refractivity contribution in [3.63, 3.8) is 0 Å². The van der Waals surface area contributed by atoms with Crippen LogP contribution in [-0.2, 0) is 31.8 Å². The third kappa shape index (κ3) is 9.78. The Hall–Kier alpha value is -3.94. The molecule has 9 nitrogen and oxygen atoms in total. The molecule has 252 valence electrons. The van der Waals surface area contributed by atoms with E-state index in [1.165, 1.54) is 12.1 Å². The number of hydrogen-bond acceptors (Lipinski definition) is 8. The summed E-state index contributed by atoms with van der Waals surface area (Å²) in [5.74, 6) is -0.390. The second kappa shape index (κ2) is 15.3. The highest BCUT2D eigenvalue weighted by atomic mass is 79.9. The fourth-order valence-corrected chi connectivity index (χ4v) is 5.10. The van der Waals surface area contributed by atoms with Gasteiger partial charge in [-0.3, -0.25) is 15.0 Å². The average molecular weight is 721 g/mol. The molecule has 0 bridgehead atoms. The third-order valence-corrected chi connectivity index (χ3v) is 7.64. The number of carbonyl (C=O) groups is 2. The summed E-state index contributed by atoms with van der Waals surface area (Å²) >= 11 is 3.43. The summed E-state index contributed by atoms with van der Waals surface area (Å²) in [5, 5.41) is 9.02. The lowest BCUT2D eigenvalue weighted by Gasteiger charge is -2.31. The highest BCUT2D eigenvalue weighted by Gasteiger charge is 2.53. The van der Waals surface area contributed by atoms with E-state index in [9.17, 15) is 22.8 Å². The number of hydrazine groups is 1. The van der Waals surface area contributed by atoms with Crippen molar-refractivity contribution in [3.8, 4) is 5.75 Å². The van der Waals surface area contributed by atoms with Crippen molar-refractivity contribution in [1.82, 2.24) is 10.9 Å². The average Bonchev–Trinajstić information content (AvgIpc) is 3.41. The number of aliphatic imine (C=N–C) groups is 1. The summed E-state index contributed by atoms with van der Waals surface area (Å²) < 4.78 is 57.4. The maximum absolute atomic E-state index is 14.2. The predicted molar refractivity (Wildman–Crippen MR) is 172 cm³/mol. The van der Waals surface area contributed by atoms with E-state index in [-0.39, 0.29) is 31.9 Å². The van der Waals surface area contributed by atoms with Crippen LogP contribution in [0.5, 0.6) is 5.75 Å². The summed E-state index contributed by atoms with van der Waals surface area (Å²) in [6.45, 7) is 5.60. The molecule has 0 aromatic heterocycles. The molecule has 4 rings (SSSR count). The van der Waals surface area contributed by atoms with Gasteiger partial charge in [0.25, 0.3) is 5.91 Å². The number of alkyl halides is 3. The van der Waals surface area contributed by atoms with E-state index in [1.807, 2.05) is 0 Å². The molecule has 0 spiro atoms. The molecule has 2 atom stereocenters. The first kappa shape index (κ1) is 35.9. The Kier molecular flexibility index (Phi) is 11.7. The maximum Gasteiger partial charge on any atom is 0.416 e. The lowest BCUT2D eigenvalue weighted by Crippen LogP contribution is -2.52. The highest BCUT2D eigenvalue weighted by Crippen LogP contribution is 2.43. The summed E-state index contributed by atoms with van der Waals surface area (Å²) in [6, 6.07) is 18.7. The summed E-state index contributed by atoms with van der Waals surface area (Å²) in [5.41, 5.74) is 3.95. The van der Waals surface area contributed by atoms with Gasteiger partial charge < -0.3 is 19.3 Å². The fraction of sp³-hybridized carbons (Fsp3) is 0.382.